The first-order chi connectivity index (χ1) is 8.24. The molecular weight excluding hydrogens is 325 g/mol. The summed E-state index contributed by atoms with van der Waals surface area (Å²) in [6.07, 6.45) is 3.62. The van der Waals surface area contributed by atoms with E-state index in [2.05, 4.69) is 59.1 Å². The van der Waals surface area contributed by atoms with Gasteiger partial charge in [0.1, 0.15) is 0 Å². The molecule has 0 bridgehead atoms. The molecule has 17 heavy (non-hydrogen) atoms. The third kappa shape index (κ3) is 6.38. The maximum atomic E-state index is 5.03. The van der Waals surface area contributed by atoms with Gasteiger partial charge in [-0.25, -0.2) is 0 Å². The SMILES string of the molecule is COCCCCCNC(C)c1ccc(I)cc1. The second kappa shape index (κ2) is 8.89. The lowest BCUT2D eigenvalue weighted by atomic mass is 10.1. The van der Waals surface area contributed by atoms with E-state index in [-0.39, 0.29) is 0 Å². The lowest BCUT2D eigenvalue weighted by molar-refractivity contribution is 0.192. The first-order valence-corrected chi connectivity index (χ1v) is 7.29. The van der Waals surface area contributed by atoms with Crippen LogP contribution in [0.15, 0.2) is 24.3 Å². The quantitative estimate of drug-likeness (QED) is 0.571. The third-order valence-corrected chi connectivity index (χ3v) is 3.56. The van der Waals surface area contributed by atoms with Crippen LogP contribution < -0.4 is 5.32 Å². The molecule has 0 saturated heterocycles. The van der Waals surface area contributed by atoms with Gasteiger partial charge in [-0.1, -0.05) is 12.1 Å². The molecule has 1 rings (SSSR count). The van der Waals surface area contributed by atoms with Crippen molar-refractivity contribution in [2.75, 3.05) is 20.3 Å². The second-order valence-electron chi connectivity index (χ2n) is 4.28. The van der Waals surface area contributed by atoms with Crippen LogP contribution in [-0.4, -0.2) is 20.3 Å². The van der Waals surface area contributed by atoms with Crippen LogP contribution in [0.1, 0.15) is 37.8 Å². The number of methoxy groups -OCH3 is 1. The van der Waals surface area contributed by atoms with Gasteiger partial charge in [0.2, 0.25) is 0 Å². The first-order valence-electron chi connectivity index (χ1n) is 6.22. The summed E-state index contributed by atoms with van der Waals surface area (Å²) in [6, 6.07) is 9.16. The van der Waals surface area contributed by atoms with Crippen molar-refractivity contribution in [1.82, 2.24) is 5.32 Å². The van der Waals surface area contributed by atoms with E-state index in [1.165, 1.54) is 22.0 Å². The molecule has 0 fully saturated rings. The summed E-state index contributed by atoms with van der Waals surface area (Å²) in [4.78, 5) is 0. The van der Waals surface area contributed by atoms with Crippen LogP contribution >= 0.6 is 22.6 Å². The molecule has 3 heteroatoms. The molecule has 1 aromatic rings. The monoisotopic (exact) mass is 347 g/mol. The normalized spacial score (nSPS) is 12.6. The number of ether oxygens (including phenoxy) is 1. The Labute approximate surface area is 118 Å². The summed E-state index contributed by atoms with van der Waals surface area (Å²) in [5.74, 6) is 0. The zero-order valence-electron chi connectivity index (χ0n) is 10.7. The van der Waals surface area contributed by atoms with Crippen molar-refractivity contribution in [3.63, 3.8) is 0 Å². The average molecular weight is 347 g/mol. The van der Waals surface area contributed by atoms with Crippen LogP contribution in [-0.2, 0) is 4.74 Å². The molecular formula is C14H22INO. The number of nitrogens with one attached hydrogen (secondary N) is 1. The highest BCUT2D eigenvalue weighted by molar-refractivity contribution is 14.1. The van der Waals surface area contributed by atoms with E-state index in [1.54, 1.807) is 7.11 Å². The van der Waals surface area contributed by atoms with Crippen LogP contribution in [0.2, 0.25) is 0 Å². The van der Waals surface area contributed by atoms with Gasteiger partial charge >= 0.3 is 0 Å². The van der Waals surface area contributed by atoms with Crippen LogP contribution in [0.25, 0.3) is 0 Å². The summed E-state index contributed by atoms with van der Waals surface area (Å²) in [5, 5.41) is 3.55. The molecule has 1 aromatic carbocycles. The van der Waals surface area contributed by atoms with Crippen molar-refractivity contribution >= 4 is 22.6 Å². The van der Waals surface area contributed by atoms with Crippen LogP contribution in [0.4, 0.5) is 0 Å². The first kappa shape index (κ1) is 14.9. The van der Waals surface area contributed by atoms with Crippen molar-refractivity contribution < 1.29 is 4.74 Å². The van der Waals surface area contributed by atoms with Crippen molar-refractivity contribution in [3.8, 4) is 0 Å². The topological polar surface area (TPSA) is 21.3 Å². The van der Waals surface area contributed by atoms with Crippen LogP contribution in [0, 0.1) is 3.57 Å². The largest absolute Gasteiger partial charge is 0.385 e. The Kier molecular flexibility index (Phi) is 7.81. The molecule has 1 unspecified atom stereocenters. The van der Waals surface area contributed by atoms with Crippen molar-refractivity contribution in [3.05, 3.63) is 33.4 Å². The molecule has 0 amide bonds. The van der Waals surface area contributed by atoms with E-state index in [4.69, 9.17) is 4.74 Å². The van der Waals surface area contributed by atoms with Crippen LogP contribution in [0.3, 0.4) is 0 Å². The van der Waals surface area contributed by atoms with Gasteiger partial charge in [0, 0.05) is 23.3 Å². The van der Waals surface area contributed by atoms with E-state index in [0.29, 0.717) is 6.04 Å². The summed E-state index contributed by atoms with van der Waals surface area (Å²) < 4.78 is 6.32. The zero-order valence-corrected chi connectivity index (χ0v) is 12.9. The maximum Gasteiger partial charge on any atom is 0.0462 e. The Bertz CT molecular complexity index is 300. The van der Waals surface area contributed by atoms with Gasteiger partial charge < -0.3 is 10.1 Å². The summed E-state index contributed by atoms with van der Waals surface area (Å²) in [7, 11) is 1.76. The number of hydrogen-bond donors (Lipinski definition) is 1. The molecule has 0 saturated carbocycles. The highest BCUT2D eigenvalue weighted by Crippen LogP contribution is 2.14. The lowest BCUT2D eigenvalue weighted by Gasteiger charge is -2.14. The minimum Gasteiger partial charge on any atom is -0.385 e. The fourth-order valence-electron chi connectivity index (χ4n) is 1.74. The Morgan fingerprint density at radius 1 is 1.18 bits per heavy atom. The smallest absolute Gasteiger partial charge is 0.0462 e. The number of benzene rings is 1. The number of rotatable bonds is 8. The second-order valence-corrected chi connectivity index (χ2v) is 5.53. The highest BCUT2D eigenvalue weighted by atomic mass is 127. The van der Waals surface area contributed by atoms with Gasteiger partial charge in [-0.05, 0) is 73.0 Å². The molecule has 0 aliphatic carbocycles. The highest BCUT2D eigenvalue weighted by Gasteiger charge is 2.03. The molecule has 2 nitrogen and oxygen atoms in total. The van der Waals surface area contributed by atoms with Crippen LogP contribution in [0.5, 0.6) is 0 Å². The molecule has 1 N–H and O–H groups in total. The maximum absolute atomic E-state index is 5.03. The minimum atomic E-state index is 0.439. The van der Waals surface area contributed by atoms with E-state index >= 15 is 0 Å². The zero-order chi connectivity index (χ0) is 12.5. The Morgan fingerprint density at radius 3 is 2.53 bits per heavy atom. The molecule has 0 aromatic heterocycles. The number of halogens is 1. The number of hydrogen-bond acceptors (Lipinski definition) is 2. The Hall–Kier alpha value is -0.130. The molecule has 0 aliphatic rings. The fraction of sp³-hybridized carbons (Fsp3) is 0.571. The van der Waals surface area contributed by atoms with E-state index in [1.807, 2.05) is 0 Å². The van der Waals surface area contributed by atoms with Gasteiger partial charge in [0.05, 0.1) is 0 Å². The number of unbranched alkanes of at least 4 members (excludes halogenated alkanes) is 2. The van der Waals surface area contributed by atoms with E-state index < -0.39 is 0 Å². The molecule has 0 spiro atoms. The minimum absolute atomic E-state index is 0.439. The van der Waals surface area contributed by atoms with Crippen molar-refractivity contribution in [2.45, 2.75) is 32.2 Å². The van der Waals surface area contributed by atoms with Gasteiger partial charge in [-0.3, -0.25) is 0 Å². The molecule has 96 valence electrons. The molecule has 0 heterocycles. The van der Waals surface area contributed by atoms with Gasteiger partial charge in [-0.15, -0.1) is 0 Å². The summed E-state index contributed by atoms with van der Waals surface area (Å²) in [6.45, 7) is 4.18. The molecule has 1 atom stereocenters. The van der Waals surface area contributed by atoms with Gasteiger partial charge in [0.25, 0.3) is 0 Å². The van der Waals surface area contributed by atoms with Crippen molar-refractivity contribution in [1.29, 1.82) is 0 Å². The summed E-state index contributed by atoms with van der Waals surface area (Å²) >= 11 is 2.34. The molecule has 0 aliphatic heterocycles. The van der Waals surface area contributed by atoms with Crippen molar-refractivity contribution in [2.24, 2.45) is 0 Å². The van der Waals surface area contributed by atoms with Gasteiger partial charge in [-0.2, -0.15) is 0 Å². The van der Waals surface area contributed by atoms with Gasteiger partial charge in [0.15, 0.2) is 0 Å². The Morgan fingerprint density at radius 2 is 1.88 bits per heavy atom. The third-order valence-electron chi connectivity index (χ3n) is 2.85. The predicted octanol–water partition coefficient (Wildman–Crippen LogP) is 3.76. The Balaban J connectivity index is 2.16. The van der Waals surface area contributed by atoms with E-state index in [9.17, 15) is 0 Å². The average Bonchev–Trinajstić information content (AvgIpc) is 2.34. The lowest BCUT2D eigenvalue weighted by Crippen LogP contribution is -2.19. The fourth-order valence-corrected chi connectivity index (χ4v) is 2.10. The summed E-state index contributed by atoms with van der Waals surface area (Å²) in [5.41, 5.74) is 1.36. The molecule has 0 radical (unpaired) electrons. The van der Waals surface area contributed by atoms with E-state index in [0.717, 1.165) is 19.6 Å². The predicted molar refractivity (Wildman–Crippen MR) is 81.3 cm³/mol. The standard InChI is InChI=1S/C14H22INO/c1-12(13-6-8-14(15)9-7-13)16-10-4-3-5-11-17-2/h6-9,12,16H,3-5,10-11H2,1-2H3.